The van der Waals surface area contributed by atoms with E-state index in [2.05, 4.69) is 5.32 Å². The molecule has 0 aromatic heterocycles. The number of benzene rings is 1. The highest BCUT2D eigenvalue weighted by Crippen LogP contribution is 2.16. The van der Waals surface area contributed by atoms with Gasteiger partial charge in [-0.05, 0) is 44.5 Å². The molecule has 0 aliphatic heterocycles. The van der Waals surface area contributed by atoms with Crippen molar-refractivity contribution in [1.82, 2.24) is 5.32 Å². The maximum atomic E-state index is 11.6. The third-order valence-corrected chi connectivity index (χ3v) is 2.41. The molecule has 110 valence electrons. The van der Waals surface area contributed by atoms with Gasteiger partial charge < -0.3 is 20.9 Å². The number of hydrogen-bond donors (Lipinski definition) is 3. The molecule has 4 N–H and O–H groups in total. The van der Waals surface area contributed by atoms with Crippen LogP contribution in [0.25, 0.3) is 0 Å². The molecule has 0 saturated carbocycles. The second kappa shape index (κ2) is 6.38. The third kappa shape index (κ3) is 5.71. The van der Waals surface area contributed by atoms with E-state index in [-0.39, 0.29) is 18.1 Å². The molecule has 20 heavy (non-hydrogen) atoms. The molecule has 1 amide bonds. The monoisotopic (exact) mass is 280 g/mol. The topological polar surface area (TPSA) is 102 Å². The lowest BCUT2D eigenvalue weighted by Crippen LogP contribution is -2.46. The first kappa shape index (κ1) is 16.0. The van der Waals surface area contributed by atoms with Gasteiger partial charge in [0.2, 0.25) is 0 Å². The molecular weight excluding hydrogens is 260 g/mol. The lowest BCUT2D eigenvalue weighted by Gasteiger charge is -2.18. The molecule has 1 aromatic rings. The van der Waals surface area contributed by atoms with Crippen molar-refractivity contribution in [3.8, 4) is 5.75 Å². The van der Waals surface area contributed by atoms with E-state index < -0.39 is 11.5 Å². The number of carboxylic acid groups (broad SMARTS) is 1. The fourth-order valence-electron chi connectivity index (χ4n) is 1.48. The summed E-state index contributed by atoms with van der Waals surface area (Å²) in [7, 11) is 0. The van der Waals surface area contributed by atoms with E-state index in [1.54, 1.807) is 26.8 Å². The number of ether oxygens (including phenoxy) is 1. The van der Waals surface area contributed by atoms with Crippen LogP contribution in [-0.2, 0) is 4.79 Å². The van der Waals surface area contributed by atoms with Crippen LogP contribution in [0, 0.1) is 6.92 Å². The van der Waals surface area contributed by atoms with Gasteiger partial charge in [0, 0.05) is 12.1 Å². The molecule has 0 fully saturated rings. The highest BCUT2D eigenvalue weighted by Gasteiger charge is 2.13. The lowest BCUT2D eigenvalue weighted by molar-refractivity contribution is -0.123. The second-order valence-corrected chi connectivity index (χ2v) is 5.39. The summed E-state index contributed by atoms with van der Waals surface area (Å²) in [6, 6.07) is 4.59. The SMILES string of the molecule is Cc1cc(OCC(=O)NCC(C)(C)N)cc(C(=O)O)c1. The van der Waals surface area contributed by atoms with Gasteiger partial charge in [-0.25, -0.2) is 4.79 Å². The van der Waals surface area contributed by atoms with Crippen LogP contribution in [0.1, 0.15) is 29.8 Å². The zero-order valence-electron chi connectivity index (χ0n) is 11.9. The summed E-state index contributed by atoms with van der Waals surface area (Å²) in [6.45, 7) is 5.51. The van der Waals surface area contributed by atoms with Crippen LogP contribution < -0.4 is 15.8 Å². The molecule has 6 heteroatoms. The van der Waals surface area contributed by atoms with Crippen LogP contribution in [0.4, 0.5) is 0 Å². The summed E-state index contributed by atoms with van der Waals surface area (Å²) < 4.78 is 5.29. The van der Waals surface area contributed by atoms with Crippen LogP contribution in [0.15, 0.2) is 18.2 Å². The van der Waals surface area contributed by atoms with Gasteiger partial charge in [0.05, 0.1) is 5.56 Å². The van der Waals surface area contributed by atoms with Crippen LogP contribution in [0.3, 0.4) is 0 Å². The van der Waals surface area contributed by atoms with Gasteiger partial charge in [-0.2, -0.15) is 0 Å². The smallest absolute Gasteiger partial charge is 0.335 e. The summed E-state index contributed by atoms with van der Waals surface area (Å²) in [5.41, 5.74) is 6.13. The molecule has 0 aliphatic carbocycles. The van der Waals surface area contributed by atoms with Crippen LogP contribution in [0.2, 0.25) is 0 Å². The molecular formula is C14H20N2O4. The van der Waals surface area contributed by atoms with Crippen molar-refractivity contribution >= 4 is 11.9 Å². The van der Waals surface area contributed by atoms with Gasteiger partial charge in [-0.1, -0.05) is 0 Å². The number of carbonyl (C=O) groups excluding carboxylic acids is 1. The largest absolute Gasteiger partial charge is 0.484 e. The Balaban J connectivity index is 2.57. The maximum Gasteiger partial charge on any atom is 0.335 e. The standard InChI is InChI=1S/C14H20N2O4/c1-9-4-10(13(18)19)6-11(5-9)20-7-12(17)16-8-14(2,3)15/h4-6H,7-8,15H2,1-3H3,(H,16,17)(H,18,19). The molecule has 1 rings (SSSR count). The van der Waals surface area contributed by atoms with E-state index >= 15 is 0 Å². The third-order valence-electron chi connectivity index (χ3n) is 2.41. The Kier molecular flexibility index (Phi) is 5.10. The maximum absolute atomic E-state index is 11.6. The van der Waals surface area contributed by atoms with Crippen molar-refractivity contribution in [2.45, 2.75) is 26.3 Å². The first-order chi connectivity index (χ1) is 9.17. The van der Waals surface area contributed by atoms with Crippen molar-refractivity contribution in [2.24, 2.45) is 5.73 Å². The van der Waals surface area contributed by atoms with Gasteiger partial charge >= 0.3 is 5.97 Å². The Morgan fingerprint density at radius 2 is 2.00 bits per heavy atom. The van der Waals surface area contributed by atoms with Gasteiger partial charge in [-0.15, -0.1) is 0 Å². The molecule has 0 radical (unpaired) electrons. The number of carbonyl (C=O) groups is 2. The number of rotatable bonds is 6. The first-order valence-electron chi connectivity index (χ1n) is 6.21. The summed E-state index contributed by atoms with van der Waals surface area (Å²) in [5, 5.41) is 11.6. The van der Waals surface area contributed by atoms with Crippen LogP contribution in [0.5, 0.6) is 5.75 Å². The normalized spacial score (nSPS) is 11.0. The highest BCUT2D eigenvalue weighted by molar-refractivity contribution is 5.88. The van der Waals surface area contributed by atoms with Crippen LogP contribution >= 0.6 is 0 Å². The minimum atomic E-state index is -1.03. The van der Waals surface area contributed by atoms with Crippen molar-refractivity contribution in [3.05, 3.63) is 29.3 Å². The Labute approximate surface area is 117 Å². The van der Waals surface area contributed by atoms with Crippen LogP contribution in [-0.4, -0.2) is 35.7 Å². The second-order valence-electron chi connectivity index (χ2n) is 5.39. The fourth-order valence-corrected chi connectivity index (χ4v) is 1.48. The number of nitrogens with one attached hydrogen (secondary N) is 1. The predicted molar refractivity (Wildman–Crippen MR) is 74.9 cm³/mol. The van der Waals surface area contributed by atoms with E-state index in [0.717, 1.165) is 5.56 Å². The first-order valence-corrected chi connectivity index (χ1v) is 6.21. The summed E-state index contributed by atoms with van der Waals surface area (Å²) in [6.07, 6.45) is 0. The quantitative estimate of drug-likeness (QED) is 0.719. The molecule has 0 aliphatic rings. The molecule has 0 saturated heterocycles. The Morgan fingerprint density at radius 3 is 2.55 bits per heavy atom. The summed E-state index contributed by atoms with van der Waals surface area (Å²) in [4.78, 5) is 22.5. The molecule has 0 atom stereocenters. The number of aryl methyl sites for hydroxylation is 1. The van der Waals surface area contributed by atoms with Gasteiger partial charge in [-0.3, -0.25) is 4.79 Å². The van der Waals surface area contributed by atoms with Gasteiger partial charge in [0.1, 0.15) is 5.75 Å². The van der Waals surface area contributed by atoms with E-state index in [0.29, 0.717) is 12.3 Å². The molecule has 6 nitrogen and oxygen atoms in total. The van der Waals surface area contributed by atoms with Crippen molar-refractivity contribution in [3.63, 3.8) is 0 Å². The Morgan fingerprint density at radius 1 is 1.35 bits per heavy atom. The number of carboxylic acids is 1. The van der Waals surface area contributed by atoms with Gasteiger partial charge in [0.15, 0.2) is 6.61 Å². The zero-order chi connectivity index (χ0) is 15.3. The Hall–Kier alpha value is -2.08. The molecule has 0 heterocycles. The van der Waals surface area contributed by atoms with Crippen molar-refractivity contribution in [2.75, 3.05) is 13.2 Å². The average molecular weight is 280 g/mol. The molecule has 1 aromatic carbocycles. The van der Waals surface area contributed by atoms with E-state index in [9.17, 15) is 9.59 Å². The summed E-state index contributed by atoms with van der Waals surface area (Å²) in [5.74, 6) is -0.987. The van der Waals surface area contributed by atoms with E-state index in [4.69, 9.17) is 15.6 Å². The zero-order valence-corrected chi connectivity index (χ0v) is 11.9. The number of nitrogens with two attached hydrogens (primary N) is 1. The highest BCUT2D eigenvalue weighted by atomic mass is 16.5. The minimum absolute atomic E-state index is 0.128. The fraction of sp³-hybridized carbons (Fsp3) is 0.429. The average Bonchev–Trinajstić information content (AvgIpc) is 2.32. The number of amides is 1. The molecule has 0 spiro atoms. The van der Waals surface area contributed by atoms with E-state index in [1.165, 1.54) is 12.1 Å². The number of aromatic carboxylic acids is 1. The van der Waals surface area contributed by atoms with Crippen molar-refractivity contribution in [1.29, 1.82) is 0 Å². The minimum Gasteiger partial charge on any atom is -0.484 e. The van der Waals surface area contributed by atoms with Crippen molar-refractivity contribution < 1.29 is 19.4 Å². The number of hydrogen-bond acceptors (Lipinski definition) is 4. The van der Waals surface area contributed by atoms with E-state index in [1.807, 2.05) is 0 Å². The molecule has 0 unspecified atom stereocenters. The summed E-state index contributed by atoms with van der Waals surface area (Å²) >= 11 is 0. The van der Waals surface area contributed by atoms with Gasteiger partial charge in [0.25, 0.3) is 5.91 Å². The predicted octanol–water partition coefficient (Wildman–Crippen LogP) is 0.926. The lowest BCUT2D eigenvalue weighted by atomic mass is 10.1. The Bertz CT molecular complexity index is 506. The molecule has 0 bridgehead atoms.